The number of para-hydroxylation sites is 1. The molecule has 2 fully saturated rings. The van der Waals surface area contributed by atoms with Crippen molar-refractivity contribution in [2.75, 3.05) is 20.0 Å². The topological polar surface area (TPSA) is 107 Å². The van der Waals surface area contributed by atoms with Gasteiger partial charge in [-0.05, 0) is 0 Å². The molecule has 3 heterocycles. The fraction of sp³-hybridized carbons (Fsp3) is 0.450. The second-order valence-electron chi connectivity index (χ2n) is 7.75. The standard InChI is InChI=1S/C20H23F3IN5O4/c1-19(2)32-16-13(8-26-18(30)27-12-6-4-3-5-7-12)31-11-24(17(16)33-19)29-15-10-25-9-14(28-15)20(21,22)23/h3-7,9-10,13,16-17H,8,11H2,1-2H3,(H,28,29)(H2,26,27,30)/t13-,16+,17+/m1/s1. The van der Waals surface area contributed by atoms with Gasteiger partial charge in [-0.15, -0.1) is 0 Å². The second-order valence-corrected chi connectivity index (χ2v) is 12.4. The zero-order valence-corrected chi connectivity index (χ0v) is 19.9. The van der Waals surface area contributed by atoms with Gasteiger partial charge in [0.05, 0.1) is 0 Å². The molecule has 1 aromatic heterocycles. The normalized spacial score (nSPS) is 25.2. The van der Waals surface area contributed by atoms with E-state index in [2.05, 4.69) is 24.1 Å². The van der Waals surface area contributed by atoms with E-state index in [-0.39, 0.29) is 17.0 Å². The monoisotopic (exact) mass is 581 g/mol. The van der Waals surface area contributed by atoms with Gasteiger partial charge in [0.1, 0.15) is 0 Å². The van der Waals surface area contributed by atoms with Crippen LogP contribution in [0.4, 0.5) is 29.5 Å². The summed E-state index contributed by atoms with van der Waals surface area (Å²) in [6.07, 6.45) is -3.66. The maximum absolute atomic E-state index is 13.0. The number of hydrogen-bond donors (Lipinski definition) is 3. The Morgan fingerprint density at radius 3 is 2.70 bits per heavy atom. The molecular weight excluding hydrogens is 558 g/mol. The predicted molar refractivity (Wildman–Crippen MR) is 122 cm³/mol. The maximum atomic E-state index is 13.0. The van der Waals surface area contributed by atoms with Crippen molar-refractivity contribution in [1.29, 1.82) is 0 Å². The van der Waals surface area contributed by atoms with E-state index in [0.29, 0.717) is 11.9 Å². The number of rotatable bonds is 5. The first-order valence-corrected chi connectivity index (χ1v) is 13.8. The molecule has 0 bridgehead atoms. The molecule has 0 unspecified atom stereocenters. The van der Waals surface area contributed by atoms with Crippen molar-refractivity contribution in [3.8, 4) is 0 Å². The van der Waals surface area contributed by atoms with E-state index in [0.717, 1.165) is 0 Å². The summed E-state index contributed by atoms with van der Waals surface area (Å²) in [5.41, 5.74) is -0.424. The SMILES string of the molecule is CC1(C)O[C@H]2[C@@H](CNC(=O)Nc3ccccc3)OCI(Nc3cncc(C(F)(F)F)n3)[C@H]2O1. The molecule has 0 spiro atoms. The summed E-state index contributed by atoms with van der Waals surface area (Å²) < 4.78 is 59.9. The zero-order valence-electron chi connectivity index (χ0n) is 17.7. The number of hydrogen-bond acceptors (Lipinski definition) is 7. The first kappa shape index (κ1) is 23.9. The molecule has 2 amide bonds. The van der Waals surface area contributed by atoms with Crippen molar-refractivity contribution in [2.45, 2.75) is 42.1 Å². The molecule has 1 aromatic carbocycles. The van der Waals surface area contributed by atoms with Crippen LogP contribution in [0.1, 0.15) is 19.5 Å². The van der Waals surface area contributed by atoms with E-state index >= 15 is 0 Å². The fourth-order valence-corrected chi connectivity index (χ4v) is 8.34. The Morgan fingerprint density at radius 1 is 1.21 bits per heavy atom. The van der Waals surface area contributed by atoms with E-state index < -0.39 is 60.1 Å². The van der Waals surface area contributed by atoms with Gasteiger partial charge in [-0.1, -0.05) is 0 Å². The fourth-order valence-electron chi connectivity index (χ4n) is 3.32. The van der Waals surface area contributed by atoms with Crippen molar-refractivity contribution in [2.24, 2.45) is 0 Å². The molecular formula is C20H23F3IN5O4. The third-order valence-corrected chi connectivity index (χ3v) is 9.45. The molecule has 3 atom stereocenters. The number of amides is 2. The molecule has 2 saturated heterocycles. The van der Waals surface area contributed by atoms with Crippen molar-refractivity contribution in [1.82, 2.24) is 15.3 Å². The molecule has 2 aliphatic heterocycles. The number of ether oxygens (including phenoxy) is 3. The van der Waals surface area contributed by atoms with Gasteiger partial charge in [-0.2, -0.15) is 0 Å². The van der Waals surface area contributed by atoms with Gasteiger partial charge in [-0.25, -0.2) is 0 Å². The molecule has 3 N–H and O–H groups in total. The third-order valence-electron chi connectivity index (χ3n) is 4.73. The first-order chi connectivity index (χ1) is 15.6. The number of nitrogens with zero attached hydrogens (tertiary/aromatic N) is 2. The number of halogens is 4. The number of carbonyl (C=O) groups is 1. The number of carbonyl (C=O) groups excluding carboxylic acids is 1. The molecule has 2 aromatic rings. The molecule has 0 aliphatic carbocycles. The van der Waals surface area contributed by atoms with Crippen molar-refractivity contribution >= 4 is 37.6 Å². The molecule has 0 radical (unpaired) electrons. The summed E-state index contributed by atoms with van der Waals surface area (Å²) >= 11 is -2.39. The molecule has 4 rings (SSSR count). The van der Waals surface area contributed by atoms with E-state index in [4.69, 9.17) is 14.2 Å². The van der Waals surface area contributed by atoms with E-state index in [1.54, 1.807) is 26.0 Å². The van der Waals surface area contributed by atoms with Crippen LogP contribution in [0, 0.1) is 0 Å². The van der Waals surface area contributed by atoms with E-state index in [9.17, 15) is 18.0 Å². The Hall–Kier alpha value is -2.23. The van der Waals surface area contributed by atoms with E-state index in [1.807, 2.05) is 18.2 Å². The van der Waals surface area contributed by atoms with Gasteiger partial charge in [0.25, 0.3) is 0 Å². The minimum absolute atomic E-state index is 0.0181. The van der Waals surface area contributed by atoms with Crippen LogP contribution in [-0.2, 0) is 20.4 Å². The molecule has 2 aliphatic rings. The number of benzene rings is 1. The van der Waals surface area contributed by atoms with E-state index in [1.165, 1.54) is 6.20 Å². The van der Waals surface area contributed by atoms with Crippen molar-refractivity contribution in [3.63, 3.8) is 0 Å². The van der Waals surface area contributed by atoms with Crippen LogP contribution in [0.15, 0.2) is 42.7 Å². The van der Waals surface area contributed by atoms with Gasteiger partial charge < -0.3 is 0 Å². The Kier molecular flexibility index (Phi) is 6.93. The number of nitrogens with one attached hydrogen (secondary N) is 3. The number of urea groups is 1. The van der Waals surface area contributed by atoms with Crippen LogP contribution in [0.3, 0.4) is 0 Å². The summed E-state index contributed by atoms with van der Waals surface area (Å²) in [5, 5.41) is 5.50. The summed E-state index contributed by atoms with van der Waals surface area (Å²) in [5.74, 6) is -0.880. The van der Waals surface area contributed by atoms with Crippen molar-refractivity contribution in [3.05, 3.63) is 48.4 Å². The zero-order chi connectivity index (χ0) is 23.6. The Labute approximate surface area is 195 Å². The summed E-state index contributed by atoms with van der Waals surface area (Å²) in [4.78, 5) is 19.5. The molecule has 13 heteroatoms. The minimum atomic E-state index is -4.59. The van der Waals surface area contributed by atoms with Crippen LogP contribution >= 0.6 is 20.1 Å². The third kappa shape index (κ3) is 6.02. The van der Waals surface area contributed by atoms with Crippen LogP contribution in [-0.4, -0.2) is 49.3 Å². The van der Waals surface area contributed by atoms with Gasteiger partial charge in [-0.3, -0.25) is 0 Å². The molecule has 9 nitrogen and oxygen atoms in total. The van der Waals surface area contributed by atoms with Crippen LogP contribution in [0.25, 0.3) is 0 Å². The first-order valence-electron chi connectivity index (χ1n) is 9.98. The van der Waals surface area contributed by atoms with Crippen molar-refractivity contribution < 1.29 is 32.2 Å². The van der Waals surface area contributed by atoms with Gasteiger partial charge in [0, 0.05) is 0 Å². The number of alkyl halides is 5. The Balaban J connectivity index is 1.40. The predicted octanol–water partition coefficient (Wildman–Crippen LogP) is 3.98. The number of aromatic nitrogens is 2. The number of fused-ring (bicyclic) bond motifs is 1. The summed E-state index contributed by atoms with van der Waals surface area (Å²) in [6, 6.07) is 8.60. The Morgan fingerprint density at radius 2 is 1.97 bits per heavy atom. The summed E-state index contributed by atoms with van der Waals surface area (Å²) in [6.45, 7) is 3.69. The van der Waals surface area contributed by atoms with Crippen LogP contribution in [0.5, 0.6) is 0 Å². The molecule has 180 valence electrons. The summed E-state index contributed by atoms with van der Waals surface area (Å²) in [7, 11) is 0. The van der Waals surface area contributed by atoms with Gasteiger partial charge in [0.15, 0.2) is 0 Å². The Bertz CT molecular complexity index is 982. The second kappa shape index (κ2) is 9.56. The average molecular weight is 581 g/mol. The van der Waals surface area contributed by atoms with Gasteiger partial charge >= 0.3 is 196 Å². The van der Waals surface area contributed by atoms with Crippen LogP contribution < -0.4 is 14.2 Å². The quantitative estimate of drug-likeness (QED) is 0.279. The van der Waals surface area contributed by atoms with Crippen LogP contribution in [0.2, 0.25) is 0 Å². The average Bonchev–Trinajstić information content (AvgIpc) is 3.09. The molecule has 0 saturated carbocycles. The van der Waals surface area contributed by atoms with Gasteiger partial charge in [0.2, 0.25) is 0 Å². The molecule has 33 heavy (non-hydrogen) atoms. The number of anilines is 2.